The van der Waals surface area contributed by atoms with Crippen LogP contribution in [0.3, 0.4) is 0 Å². The van der Waals surface area contributed by atoms with E-state index in [2.05, 4.69) is 155 Å². The number of fused-ring (bicyclic) bond motifs is 10. The average Bonchev–Trinajstić information content (AvgIpc) is 3.86. The van der Waals surface area contributed by atoms with Gasteiger partial charge in [0.15, 0.2) is 11.6 Å². The molecule has 0 aliphatic heterocycles. The molecule has 0 saturated heterocycles. The Kier molecular flexibility index (Phi) is 6.05. The minimum absolute atomic E-state index is 0.589. The predicted molar refractivity (Wildman–Crippen MR) is 212 cm³/mol. The van der Waals surface area contributed by atoms with Crippen LogP contribution in [0.5, 0.6) is 0 Å². The van der Waals surface area contributed by atoms with Gasteiger partial charge in [0.25, 0.3) is 0 Å². The molecule has 11 rings (SSSR count). The Balaban J connectivity index is 1.30. The molecule has 238 valence electrons. The summed E-state index contributed by atoms with van der Waals surface area (Å²) in [4.78, 5) is 15.9. The van der Waals surface area contributed by atoms with Gasteiger partial charge in [0.05, 0.1) is 22.1 Å². The number of aromatic nitrogens is 5. The number of hydrogen-bond acceptors (Lipinski definition) is 4. The Morgan fingerprint density at radius 3 is 1.86 bits per heavy atom. The Morgan fingerprint density at radius 1 is 0.392 bits per heavy atom. The minimum atomic E-state index is 0.589. The Morgan fingerprint density at radius 2 is 1.04 bits per heavy atom. The molecule has 0 bridgehead atoms. The van der Waals surface area contributed by atoms with E-state index in [1.165, 1.54) is 25.6 Å². The van der Waals surface area contributed by atoms with Crippen LogP contribution < -0.4 is 0 Å². The van der Waals surface area contributed by atoms with E-state index in [-0.39, 0.29) is 0 Å². The largest absolute Gasteiger partial charge is 0.309 e. The highest BCUT2D eigenvalue weighted by Gasteiger charge is 2.23. The number of thiophene rings is 1. The highest BCUT2D eigenvalue weighted by atomic mass is 32.1. The molecule has 0 atom stereocenters. The maximum absolute atomic E-state index is 5.40. The molecule has 0 amide bonds. The van der Waals surface area contributed by atoms with Crippen molar-refractivity contribution in [3.8, 4) is 34.4 Å². The lowest BCUT2D eigenvalue weighted by molar-refractivity contribution is 0.956. The molecular weight excluding hydrogens is 643 g/mol. The summed E-state index contributed by atoms with van der Waals surface area (Å²) in [5, 5.41) is 7.03. The van der Waals surface area contributed by atoms with Crippen molar-refractivity contribution in [1.82, 2.24) is 24.1 Å². The third kappa shape index (κ3) is 4.17. The molecule has 0 aliphatic rings. The van der Waals surface area contributed by atoms with Gasteiger partial charge in [-0.3, -0.25) is 4.57 Å². The molecule has 0 unspecified atom stereocenters. The zero-order chi connectivity index (χ0) is 33.5. The fraction of sp³-hybridized carbons (Fsp3) is 0. The molecule has 0 fully saturated rings. The standard InChI is InChI=1S/C45H27N5S/c1-3-14-28(15-4-1)43-46-44(34-21-13-25-39-40(34)33-20-9-12-24-38(33)51-39)48-45(47-43)50-35-22-10-7-18-30(35)31-26-27-37-41(42(31)50)32-19-8-11-23-36(32)49(37)29-16-5-2-6-17-29/h1-27H. The van der Waals surface area contributed by atoms with E-state index in [0.29, 0.717) is 17.6 Å². The molecule has 0 aliphatic carbocycles. The van der Waals surface area contributed by atoms with Crippen LogP contribution >= 0.6 is 11.3 Å². The zero-order valence-corrected chi connectivity index (χ0v) is 28.0. The number of nitrogens with zero attached hydrogens (tertiary/aromatic N) is 5. The lowest BCUT2D eigenvalue weighted by Gasteiger charge is -2.12. The summed E-state index contributed by atoms with van der Waals surface area (Å²) >= 11 is 1.80. The van der Waals surface area contributed by atoms with Crippen LogP contribution in [-0.4, -0.2) is 24.1 Å². The lowest BCUT2D eigenvalue weighted by Crippen LogP contribution is -2.06. The molecule has 0 N–H and O–H groups in total. The third-order valence-corrected chi connectivity index (χ3v) is 11.1. The summed E-state index contributed by atoms with van der Waals surface area (Å²) in [6.07, 6.45) is 0. The van der Waals surface area contributed by atoms with Gasteiger partial charge in [-0.05, 0) is 42.5 Å². The van der Waals surface area contributed by atoms with E-state index >= 15 is 0 Å². The quantitative estimate of drug-likeness (QED) is 0.187. The van der Waals surface area contributed by atoms with Crippen LogP contribution in [-0.2, 0) is 0 Å². The minimum Gasteiger partial charge on any atom is -0.309 e. The topological polar surface area (TPSA) is 48.5 Å². The fourth-order valence-corrected chi connectivity index (χ4v) is 8.97. The predicted octanol–water partition coefficient (Wildman–Crippen LogP) is 11.8. The molecule has 11 aromatic rings. The number of hydrogen-bond donors (Lipinski definition) is 0. The van der Waals surface area contributed by atoms with E-state index in [4.69, 9.17) is 15.0 Å². The molecule has 4 heterocycles. The Bertz CT molecular complexity index is 3140. The molecule has 0 radical (unpaired) electrons. The Labute approximate surface area is 296 Å². The van der Waals surface area contributed by atoms with Crippen molar-refractivity contribution in [3.63, 3.8) is 0 Å². The van der Waals surface area contributed by atoms with Gasteiger partial charge in [-0.2, -0.15) is 9.97 Å². The zero-order valence-electron chi connectivity index (χ0n) is 27.2. The molecule has 51 heavy (non-hydrogen) atoms. The van der Waals surface area contributed by atoms with E-state index in [1.807, 2.05) is 18.2 Å². The molecule has 0 spiro atoms. The number of rotatable bonds is 4. The van der Waals surface area contributed by atoms with Gasteiger partial charge in [0, 0.05) is 58.5 Å². The monoisotopic (exact) mass is 669 g/mol. The molecule has 5 nitrogen and oxygen atoms in total. The second-order valence-corrected chi connectivity index (χ2v) is 13.9. The van der Waals surface area contributed by atoms with Gasteiger partial charge in [-0.1, -0.05) is 121 Å². The molecular formula is C45H27N5S. The number of para-hydroxylation sites is 3. The summed E-state index contributed by atoms with van der Waals surface area (Å²) in [5.41, 5.74) is 7.47. The van der Waals surface area contributed by atoms with E-state index < -0.39 is 0 Å². The first kappa shape index (κ1) is 28.2. The smallest absolute Gasteiger partial charge is 0.238 e. The van der Waals surface area contributed by atoms with Crippen molar-refractivity contribution in [1.29, 1.82) is 0 Å². The average molecular weight is 670 g/mol. The van der Waals surface area contributed by atoms with Crippen LogP contribution in [0.4, 0.5) is 0 Å². The van der Waals surface area contributed by atoms with Gasteiger partial charge >= 0.3 is 0 Å². The first-order chi connectivity index (χ1) is 25.3. The van der Waals surface area contributed by atoms with E-state index in [9.17, 15) is 0 Å². The van der Waals surface area contributed by atoms with Crippen LogP contribution in [0, 0.1) is 0 Å². The number of benzene rings is 7. The van der Waals surface area contributed by atoms with Crippen molar-refractivity contribution < 1.29 is 0 Å². The van der Waals surface area contributed by atoms with Crippen LogP contribution in [0.2, 0.25) is 0 Å². The van der Waals surface area contributed by atoms with Crippen molar-refractivity contribution in [3.05, 3.63) is 164 Å². The van der Waals surface area contributed by atoms with Crippen molar-refractivity contribution in [2.24, 2.45) is 0 Å². The second-order valence-electron chi connectivity index (χ2n) is 12.8. The molecule has 6 heteroatoms. The normalized spacial score (nSPS) is 11.9. The van der Waals surface area contributed by atoms with Crippen LogP contribution in [0.15, 0.2) is 164 Å². The summed E-state index contributed by atoms with van der Waals surface area (Å²) in [7, 11) is 0. The third-order valence-electron chi connectivity index (χ3n) is 9.98. The van der Waals surface area contributed by atoms with Crippen molar-refractivity contribution >= 4 is 75.1 Å². The van der Waals surface area contributed by atoms with Gasteiger partial charge in [-0.15, -0.1) is 11.3 Å². The summed E-state index contributed by atoms with van der Waals surface area (Å²) in [6.45, 7) is 0. The van der Waals surface area contributed by atoms with E-state index in [1.54, 1.807) is 11.3 Å². The van der Waals surface area contributed by atoms with Crippen LogP contribution in [0.25, 0.3) is 98.2 Å². The van der Waals surface area contributed by atoms with Crippen molar-refractivity contribution in [2.75, 3.05) is 0 Å². The van der Waals surface area contributed by atoms with Gasteiger partial charge in [0.1, 0.15) is 0 Å². The van der Waals surface area contributed by atoms with Gasteiger partial charge in [-0.25, -0.2) is 4.98 Å². The van der Waals surface area contributed by atoms with Gasteiger partial charge in [0.2, 0.25) is 5.95 Å². The lowest BCUT2D eigenvalue weighted by atomic mass is 10.1. The highest BCUT2D eigenvalue weighted by Crippen LogP contribution is 2.43. The van der Waals surface area contributed by atoms with Gasteiger partial charge < -0.3 is 4.57 Å². The molecule has 7 aromatic carbocycles. The van der Waals surface area contributed by atoms with Crippen molar-refractivity contribution in [2.45, 2.75) is 0 Å². The Hall–Kier alpha value is -6.63. The molecule has 4 aromatic heterocycles. The SMILES string of the molecule is c1ccc(-c2nc(-c3cccc4sc5ccccc5c34)nc(-n3c4ccccc4c4ccc5c(c6ccccc6n5-c5ccccc5)c43)n2)cc1. The highest BCUT2D eigenvalue weighted by molar-refractivity contribution is 7.25. The fourth-order valence-electron chi connectivity index (χ4n) is 7.83. The maximum atomic E-state index is 5.40. The first-order valence-electron chi connectivity index (χ1n) is 17.0. The summed E-state index contributed by atoms with van der Waals surface area (Å²) < 4.78 is 7.09. The van der Waals surface area contributed by atoms with Crippen LogP contribution in [0.1, 0.15) is 0 Å². The summed E-state index contributed by atoms with van der Waals surface area (Å²) in [6, 6.07) is 57.7. The molecule has 0 saturated carbocycles. The maximum Gasteiger partial charge on any atom is 0.238 e. The second kappa shape index (κ2) is 10.9. The summed E-state index contributed by atoms with van der Waals surface area (Å²) in [5.74, 6) is 1.88. The first-order valence-corrected chi connectivity index (χ1v) is 17.9. The van der Waals surface area contributed by atoms with E-state index in [0.717, 1.165) is 55.0 Å².